The molecule has 1 aliphatic rings. The smallest absolute Gasteiger partial charge is 0.347 e. The van der Waals surface area contributed by atoms with Crippen molar-refractivity contribution in [1.29, 1.82) is 0 Å². The molecule has 30 heavy (non-hydrogen) atoms. The molecule has 7 heteroatoms. The molecule has 0 bridgehead atoms. The van der Waals surface area contributed by atoms with Crippen molar-refractivity contribution in [2.45, 2.75) is 26.2 Å². The van der Waals surface area contributed by atoms with Crippen molar-refractivity contribution in [3.05, 3.63) is 71.6 Å². The first kappa shape index (κ1) is 21.1. The highest BCUT2D eigenvalue weighted by Crippen LogP contribution is 2.26. The van der Waals surface area contributed by atoms with Crippen molar-refractivity contribution in [3.8, 4) is 0 Å². The Balaban J connectivity index is 1.64. The number of ketones is 1. The van der Waals surface area contributed by atoms with E-state index in [9.17, 15) is 14.4 Å². The van der Waals surface area contributed by atoms with Crippen LogP contribution in [0.4, 0.5) is 11.4 Å². The number of carbonyl (C=O) groups excluding carboxylic acids is 3. The molecule has 1 heterocycles. The highest BCUT2D eigenvalue weighted by molar-refractivity contribution is 6.20. The van der Waals surface area contributed by atoms with Crippen molar-refractivity contribution in [2.24, 2.45) is 0 Å². The Morgan fingerprint density at radius 3 is 2.53 bits per heavy atom. The standard InChI is InChI=1S/C23H24N2O5/c1-3-15(2)17-11-7-8-12-18(17)25-20(27)14-30-23(28)21-19(26)13-29-22(21)24-16-9-5-4-6-10-16/h4-12,15,24H,3,13-14H2,1-2H3,(H,25,27)/t15-/m0/s1. The van der Waals surface area contributed by atoms with Crippen molar-refractivity contribution >= 4 is 29.0 Å². The third-order valence-corrected chi connectivity index (χ3v) is 4.80. The zero-order chi connectivity index (χ0) is 21.5. The Morgan fingerprint density at radius 2 is 1.80 bits per heavy atom. The Labute approximate surface area is 175 Å². The van der Waals surface area contributed by atoms with Crippen LogP contribution < -0.4 is 10.6 Å². The predicted molar refractivity (Wildman–Crippen MR) is 113 cm³/mol. The van der Waals surface area contributed by atoms with Gasteiger partial charge in [-0.05, 0) is 36.1 Å². The van der Waals surface area contributed by atoms with Crippen molar-refractivity contribution in [1.82, 2.24) is 0 Å². The summed E-state index contributed by atoms with van der Waals surface area (Å²) in [5, 5.41) is 5.66. The van der Waals surface area contributed by atoms with Crippen molar-refractivity contribution < 1.29 is 23.9 Å². The van der Waals surface area contributed by atoms with Crippen molar-refractivity contribution in [2.75, 3.05) is 23.8 Å². The number of benzene rings is 2. The lowest BCUT2D eigenvalue weighted by molar-refractivity contribution is -0.144. The quantitative estimate of drug-likeness (QED) is 0.512. The van der Waals surface area contributed by atoms with Gasteiger partial charge < -0.3 is 20.1 Å². The molecule has 0 saturated heterocycles. The van der Waals surface area contributed by atoms with Gasteiger partial charge in [-0.3, -0.25) is 9.59 Å². The van der Waals surface area contributed by atoms with E-state index >= 15 is 0 Å². The van der Waals surface area contributed by atoms with Gasteiger partial charge in [0.05, 0.1) is 0 Å². The number of carbonyl (C=O) groups is 3. The van der Waals surface area contributed by atoms with Gasteiger partial charge in [0.25, 0.3) is 5.91 Å². The minimum atomic E-state index is -0.902. The second kappa shape index (κ2) is 9.73. The number of Topliss-reactive ketones (excluding diaryl/α,β-unsaturated/α-hetero) is 1. The van der Waals surface area contributed by atoms with Crippen LogP contribution in [-0.4, -0.2) is 30.9 Å². The molecule has 0 saturated carbocycles. The van der Waals surface area contributed by atoms with E-state index in [1.807, 2.05) is 24.3 Å². The van der Waals surface area contributed by atoms with Crippen LogP contribution in [0, 0.1) is 0 Å². The van der Waals surface area contributed by atoms with Gasteiger partial charge in [-0.2, -0.15) is 0 Å². The molecule has 0 aliphatic carbocycles. The first-order chi connectivity index (χ1) is 14.5. The first-order valence-corrected chi connectivity index (χ1v) is 9.77. The van der Waals surface area contributed by atoms with Crippen LogP contribution >= 0.6 is 0 Å². The first-order valence-electron chi connectivity index (χ1n) is 9.77. The molecule has 1 aliphatic heterocycles. The lowest BCUT2D eigenvalue weighted by Gasteiger charge is -2.15. The Hall–Kier alpha value is -3.61. The van der Waals surface area contributed by atoms with Gasteiger partial charge in [-0.1, -0.05) is 50.2 Å². The largest absolute Gasteiger partial charge is 0.470 e. The summed E-state index contributed by atoms with van der Waals surface area (Å²) in [5.74, 6) is -1.58. The normalized spacial score (nSPS) is 14.1. The average Bonchev–Trinajstić information content (AvgIpc) is 3.12. The van der Waals surface area contributed by atoms with Crippen LogP contribution in [0.25, 0.3) is 0 Å². The molecule has 2 N–H and O–H groups in total. The summed E-state index contributed by atoms with van der Waals surface area (Å²) in [4.78, 5) is 36.8. The Bertz CT molecular complexity index is 969. The fourth-order valence-corrected chi connectivity index (χ4v) is 3.02. The van der Waals surface area contributed by atoms with Crippen LogP contribution in [0.3, 0.4) is 0 Å². The SMILES string of the molecule is CC[C@H](C)c1ccccc1NC(=O)COC(=O)C1=C(Nc2ccccc2)OCC1=O. The molecule has 7 nitrogen and oxygen atoms in total. The van der Waals surface area contributed by atoms with Gasteiger partial charge in [0, 0.05) is 11.4 Å². The number of hydrogen-bond donors (Lipinski definition) is 2. The molecule has 0 unspecified atom stereocenters. The highest BCUT2D eigenvalue weighted by atomic mass is 16.5. The molecule has 0 fully saturated rings. The summed E-state index contributed by atoms with van der Waals surface area (Å²) < 4.78 is 10.4. The number of para-hydroxylation sites is 2. The summed E-state index contributed by atoms with van der Waals surface area (Å²) in [7, 11) is 0. The number of anilines is 2. The number of hydrogen-bond acceptors (Lipinski definition) is 6. The van der Waals surface area contributed by atoms with Gasteiger partial charge in [-0.15, -0.1) is 0 Å². The lowest BCUT2D eigenvalue weighted by atomic mass is 9.97. The Morgan fingerprint density at radius 1 is 1.10 bits per heavy atom. The molecule has 0 radical (unpaired) electrons. The molecule has 2 aromatic carbocycles. The average molecular weight is 408 g/mol. The molecular formula is C23H24N2O5. The number of ether oxygens (including phenoxy) is 2. The molecule has 2 aromatic rings. The zero-order valence-electron chi connectivity index (χ0n) is 16.9. The fourth-order valence-electron chi connectivity index (χ4n) is 3.02. The molecule has 0 aromatic heterocycles. The lowest BCUT2D eigenvalue weighted by Crippen LogP contribution is -2.24. The maximum Gasteiger partial charge on any atom is 0.347 e. The van der Waals surface area contributed by atoms with Gasteiger partial charge >= 0.3 is 5.97 Å². The van der Waals surface area contributed by atoms with E-state index < -0.39 is 24.3 Å². The van der Waals surface area contributed by atoms with Gasteiger partial charge in [-0.25, -0.2) is 4.79 Å². The molecule has 1 amide bonds. The second-order valence-corrected chi connectivity index (χ2v) is 6.93. The third kappa shape index (κ3) is 5.05. The number of amides is 1. The van der Waals surface area contributed by atoms with Crippen LogP contribution in [0.5, 0.6) is 0 Å². The van der Waals surface area contributed by atoms with E-state index in [1.54, 1.807) is 30.3 Å². The zero-order valence-corrected chi connectivity index (χ0v) is 16.9. The molecular weight excluding hydrogens is 384 g/mol. The van der Waals surface area contributed by atoms with E-state index in [2.05, 4.69) is 24.5 Å². The van der Waals surface area contributed by atoms with Gasteiger partial charge in [0.2, 0.25) is 11.7 Å². The number of esters is 1. The van der Waals surface area contributed by atoms with E-state index in [1.165, 1.54) is 0 Å². The maximum atomic E-state index is 12.4. The minimum absolute atomic E-state index is 0.0266. The van der Waals surface area contributed by atoms with E-state index in [0.717, 1.165) is 12.0 Å². The number of nitrogens with one attached hydrogen (secondary N) is 2. The summed E-state index contributed by atoms with van der Waals surface area (Å²) in [5.41, 5.74) is 2.12. The van der Waals surface area contributed by atoms with Crippen LogP contribution in [-0.2, 0) is 23.9 Å². The summed E-state index contributed by atoms with van der Waals surface area (Å²) >= 11 is 0. The minimum Gasteiger partial charge on any atom is -0.470 e. The molecule has 3 rings (SSSR count). The van der Waals surface area contributed by atoms with Crippen LogP contribution in [0.1, 0.15) is 31.7 Å². The summed E-state index contributed by atoms with van der Waals surface area (Å²) in [6.07, 6.45) is 0.926. The number of rotatable bonds is 8. The monoisotopic (exact) mass is 408 g/mol. The van der Waals surface area contributed by atoms with Gasteiger partial charge in [0.15, 0.2) is 18.8 Å². The van der Waals surface area contributed by atoms with Crippen LogP contribution in [0.2, 0.25) is 0 Å². The fraction of sp³-hybridized carbons (Fsp3) is 0.261. The van der Waals surface area contributed by atoms with E-state index in [-0.39, 0.29) is 24.0 Å². The topological polar surface area (TPSA) is 93.7 Å². The highest BCUT2D eigenvalue weighted by Gasteiger charge is 2.32. The van der Waals surface area contributed by atoms with Crippen molar-refractivity contribution in [3.63, 3.8) is 0 Å². The van der Waals surface area contributed by atoms with E-state index in [4.69, 9.17) is 9.47 Å². The Kier molecular flexibility index (Phi) is 6.85. The molecule has 156 valence electrons. The molecule has 1 atom stereocenters. The third-order valence-electron chi connectivity index (χ3n) is 4.80. The van der Waals surface area contributed by atoms with E-state index in [0.29, 0.717) is 11.4 Å². The summed E-state index contributed by atoms with van der Waals surface area (Å²) in [6.45, 7) is 3.38. The predicted octanol–water partition coefficient (Wildman–Crippen LogP) is 3.60. The van der Waals surface area contributed by atoms with Gasteiger partial charge in [0.1, 0.15) is 0 Å². The second-order valence-electron chi connectivity index (χ2n) is 6.93. The van der Waals surface area contributed by atoms with Crippen LogP contribution in [0.15, 0.2) is 66.1 Å². The maximum absolute atomic E-state index is 12.4. The summed E-state index contributed by atoms with van der Waals surface area (Å²) in [6, 6.07) is 16.5. The molecule has 0 spiro atoms.